The zero-order chi connectivity index (χ0) is 8.53. The maximum absolute atomic E-state index is 5.55. The van der Waals surface area contributed by atoms with Crippen LogP contribution in [0.25, 0.3) is 0 Å². The molecule has 0 spiro atoms. The Morgan fingerprint density at radius 3 is 2.45 bits per heavy atom. The molecule has 0 aliphatic heterocycles. The fourth-order valence-electron chi connectivity index (χ4n) is 1.02. The predicted molar refractivity (Wildman–Crippen MR) is 49.4 cm³/mol. The molecule has 0 aliphatic rings. The van der Waals surface area contributed by atoms with Gasteiger partial charge in [-0.05, 0) is 25.4 Å². The molecule has 0 heterocycles. The molecule has 0 aromatic rings. The second-order valence-corrected chi connectivity index (χ2v) is 2.84. The van der Waals surface area contributed by atoms with Gasteiger partial charge in [0.25, 0.3) is 0 Å². The summed E-state index contributed by atoms with van der Waals surface area (Å²) >= 11 is 0. The molecule has 5 N–H and O–H groups in total. The van der Waals surface area contributed by atoms with Gasteiger partial charge in [0.2, 0.25) is 0 Å². The van der Waals surface area contributed by atoms with E-state index in [9.17, 15) is 0 Å². The van der Waals surface area contributed by atoms with Crippen molar-refractivity contribution in [2.75, 3.05) is 26.2 Å². The van der Waals surface area contributed by atoms with E-state index in [0.717, 1.165) is 26.2 Å². The third-order valence-electron chi connectivity index (χ3n) is 1.96. The van der Waals surface area contributed by atoms with E-state index < -0.39 is 0 Å². The molecular formula is C8H21N3. The largest absolute Gasteiger partial charge is 0.330 e. The van der Waals surface area contributed by atoms with Crippen molar-refractivity contribution in [2.45, 2.75) is 19.8 Å². The van der Waals surface area contributed by atoms with Crippen molar-refractivity contribution in [1.82, 2.24) is 5.32 Å². The van der Waals surface area contributed by atoms with Crippen LogP contribution in [0.5, 0.6) is 0 Å². The molecule has 0 aromatic carbocycles. The van der Waals surface area contributed by atoms with E-state index in [1.165, 1.54) is 12.8 Å². The van der Waals surface area contributed by atoms with E-state index in [2.05, 4.69) is 12.2 Å². The minimum absolute atomic E-state index is 0.681. The van der Waals surface area contributed by atoms with Crippen LogP contribution in [-0.4, -0.2) is 26.2 Å². The van der Waals surface area contributed by atoms with Gasteiger partial charge >= 0.3 is 0 Å². The van der Waals surface area contributed by atoms with Gasteiger partial charge in [0.05, 0.1) is 0 Å². The average Bonchev–Trinajstić information content (AvgIpc) is 2.05. The number of nitrogens with two attached hydrogens (primary N) is 2. The Kier molecular flexibility index (Phi) is 7.89. The highest BCUT2D eigenvalue weighted by Crippen LogP contribution is 2.03. The first kappa shape index (κ1) is 10.9. The topological polar surface area (TPSA) is 64.1 Å². The highest BCUT2D eigenvalue weighted by atomic mass is 14.9. The van der Waals surface area contributed by atoms with Crippen molar-refractivity contribution in [2.24, 2.45) is 17.4 Å². The summed E-state index contributed by atoms with van der Waals surface area (Å²) in [5.74, 6) is 0.681. The molecule has 1 atom stereocenters. The van der Waals surface area contributed by atoms with Gasteiger partial charge < -0.3 is 16.8 Å². The van der Waals surface area contributed by atoms with Crippen LogP contribution in [0.3, 0.4) is 0 Å². The summed E-state index contributed by atoms with van der Waals surface area (Å²) in [6.45, 7) is 5.68. The van der Waals surface area contributed by atoms with Gasteiger partial charge in [-0.2, -0.15) is 0 Å². The Bertz CT molecular complexity index is 71.7. The standard InChI is InChI=1S/C8H21N3/c1-2-8(7-10)3-5-11-6-4-9/h8,11H,2-7,9-10H2,1H3. The lowest BCUT2D eigenvalue weighted by molar-refractivity contribution is 0.462. The van der Waals surface area contributed by atoms with Gasteiger partial charge in [0, 0.05) is 13.1 Å². The SMILES string of the molecule is CCC(CN)CCNCCN. The molecule has 11 heavy (non-hydrogen) atoms. The molecule has 0 fully saturated rings. The fourth-order valence-corrected chi connectivity index (χ4v) is 1.02. The summed E-state index contributed by atoms with van der Waals surface area (Å²) in [5, 5.41) is 3.25. The van der Waals surface area contributed by atoms with Gasteiger partial charge in [0.15, 0.2) is 0 Å². The number of rotatable bonds is 7. The van der Waals surface area contributed by atoms with E-state index in [0.29, 0.717) is 5.92 Å². The molecule has 3 heteroatoms. The third-order valence-corrected chi connectivity index (χ3v) is 1.96. The molecule has 0 amide bonds. The second-order valence-electron chi connectivity index (χ2n) is 2.84. The summed E-state index contributed by atoms with van der Waals surface area (Å²) < 4.78 is 0. The fraction of sp³-hybridized carbons (Fsp3) is 1.00. The molecule has 0 radical (unpaired) electrons. The van der Waals surface area contributed by atoms with Crippen molar-refractivity contribution in [3.8, 4) is 0 Å². The van der Waals surface area contributed by atoms with E-state index in [1.807, 2.05) is 0 Å². The molecule has 0 aliphatic carbocycles. The van der Waals surface area contributed by atoms with Crippen LogP contribution >= 0.6 is 0 Å². The van der Waals surface area contributed by atoms with Gasteiger partial charge in [-0.15, -0.1) is 0 Å². The molecular weight excluding hydrogens is 138 g/mol. The van der Waals surface area contributed by atoms with Crippen LogP contribution in [0.2, 0.25) is 0 Å². The van der Waals surface area contributed by atoms with E-state index in [-0.39, 0.29) is 0 Å². The van der Waals surface area contributed by atoms with Crippen molar-refractivity contribution in [3.05, 3.63) is 0 Å². The average molecular weight is 159 g/mol. The van der Waals surface area contributed by atoms with Crippen molar-refractivity contribution >= 4 is 0 Å². The van der Waals surface area contributed by atoms with Gasteiger partial charge in [0.1, 0.15) is 0 Å². The number of hydrogen-bond acceptors (Lipinski definition) is 3. The minimum atomic E-state index is 0.681. The summed E-state index contributed by atoms with van der Waals surface area (Å²) in [6, 6.07) is 0. The van der Waals surface area contributed by atoms with Gasteiger partial charge in [-0.3, -0.25) is 0 Å². The maximum atomic E-state index is 5.55. The maximum Gasteiger partial charge on any atom is 0.00745 e. The van der Waals surface area contributed by atoms with Crippen LogP contribution in [0.15, 0.2) is 0 Å². The summed E-state index contributed by atoms with van der Waals surface area (Å²) in [6.07, 6.45) is 2.35. The zero-order valence-electron chi connectivity index (χ0n) is 7.47. The lowest BCUT2D eigenvalue weighted by atomic mass is 10.0. The van der Waals surface area contributed by atoms with E-state index in [4.69, 9.17) is 11.5 Å². The lowest BCUT2D eigenvalue weighted by Crippen LogP contribution is -2.26. The van der Waals surface area contributed by atoms with Crippen LogP contribution in [-0.2, 0) is 0 Å². The first-order valence-corrected chi connectivity index (χ1v) is 4.46. The van der Waals surface area contributed by atoms with E-state index in [1.54, 1.807) is 0 Å². The minimum Gasteiger partial charge on any atom is -0.330 e. The Hall–Kier alpha value is -0.120. The van der Waals surface area contributed by atoms with Gasteiger partial charge in [-0.1, -0.05) is 13.3 Å². The first-order chi connectivity index (χ1) is 5.35. The Balaban J connectivity index is 3.07. The van der Waals surface area contributed by atoms with Crippen LogP contribution in [0.4, 0.5) is 0 Å². The molecule has 0 saturated carbocycles. The molecule has 0 aromatic heterocycles. The van der Waals surface area contributed by atoms with Gasteiger partial charge in [-0.25, -0.2) is 0 Å². The smallest absolute Gasteiger partial charge is 0.00745 e. The second kappa shape index (κ2) is 7.98. The molecule has 0 saturated heterocycles. The normalized spacial score (nSPS) is 13.4. The Morgan fingerprint density at radius 1 is 1.27 bits per heavy atom. The monoisotopic (exact) mass is 159 g/mol. The van der Waals surface area contributed by atoms with Crippen LogP contribution in [0.1, 0.15) is 19.8 Å². The molecule has 68 valence electrons. The third kappa shape index (κ3) is 6.28. The lowest BCUT2D eigenvalue weighted by Gasteiger charge is -2.11. The van der Waals surface area contributed by atoms with Crippen LogP contribution in [0, 0.1) is 5.92 Å². The van der Waals surface area contributed by atoms with Crippen molar-refractivity contribution < 1.29 is 0 Å². The quantitative estimate of drug-likeness (QED) is 0.455. The molecule has 0 rings (SSSR count). The Morgan fingerprint density at radius 2 is 2.00 bits per heavy atom. The number of nitrogens with one attached hydrogen (secondary N) is 1. The van der Waals surface area contributed by atoms with Crippen LogP contribution < -0.4 is 16.8 Å². The van der Waals surface area contributed by atoms with Crippen molar-refractivity contribution in [1.29, 1.82) is 0 Å². The van der Waals surface area contributed by atoms with Crippen molar-refractivity contribution in [3.63, 3.8) is 0 Å². The highest BCUT2D eigenvalue weighted by Gasteiger charge is 2.01. The van der Waals surface area contributed by atoms with E-state index >= 15 is 0 Å². The predicted octanol–water partition coefficient (Wildman–Crippen LogP) is -0.0903. The molecule has 1 unspecified atom stereocenters. The number of hydrogen-bond donors (Lipinski definition) is 3. The summed E-state index contributed by atoms with van der Waals surface area (Å²) in [5.41, 5.74) is 10.9. The zero-order valence-corrected chi connectivity index (χ0v) is 7.47. The molecule has 0 bridgehead atoms. The highest BCUT2D eigenvalue weighted by molar-refractivity contribution is 4.59. The Labute approximate surface area is 69.5 Å². The summed E-state index contributed by atoms with van der Waals surface area (Å²) in [4.78, 5) is 0. The molecule has 3 nitrogen and oxygen atoms in total. The first-order valence-electron chi connectivity index (χ1n) is 4.46. The summed E-state index contributed by atoms with van der Waals surface area (Å²) in [7, 11) is 0.